The maximum Gasteiger partial charge on any atom is 0.242 e. The van der Waals surface area contributed by atoms with Crippen molar-refractivity contribution in [3.05, 3.63) is 36.0 Å². The summed E-state index contributed by atoms with van der Waals surface area (Å²) < 4.78 is 1.84. The molecule has 3 rings (SSSR count). The summed E-state index contributed by atoms with van der Waals surface area (Å²) in [7, 11) is 1.85. The first kappa shape index (κ1) is 15.7. The Morgan fingerprint density at radius 3 is 3.04 bits per heavy atom. The van der Waals surface area contributed by atoms with Crippen molar-refractivity contribution in [3.63, 3.8) is 0 Å². The minimum atomic E-state index is 0.0917. The highest BCUT2D eigenvalue weighted by Crippen LogP contribution is 2.21. The number of likely N-dealkylation sites (tertiary alicyclic amines) is 1. The highest BCUT2D eigenvalue weighted by atomic mass is 35.5. The van der Waals surface area contributed by atoms with Crippen LogP contribution >= 0.6 is 11.6 Å². The third kappa shape index (κ3) is 3.79. The van der Waals surface area contributed by atoms with Crippen molar-refractivity contribution in [2.45, 2.75) is 18.9 Å². The van der Waals surface area contributed by atoms with Gasteiger partial charge >= 0.3 is 0 Å². The van der Waals surface area contributed by atoms with E-state index in [0.29, 0.717) is 18.1 Å². The van der Waals surface area contributed by atoms with E-state index in [2.05, 4.69) is 15.1 Å². The summed E-state index contributed by atoms with van der Waals surface area (Å²) in [5, 5.41) is 4.77. The van der Waals surface area contributed by atoms with E-state index < -0.39 is 0 Å². The van der Waals surface area contributed by atoms with Gasteiger partial charge in [0.15, 0.2) is 0 Å². The molecule has 0 saturated carbocycles. The van der Waals surface area contributed by atoms with Gasteiger partial charge in [0.2, 0.25) is 5.91 Å². The summed E-state index contributed by atoms with van der Waals surface area (Å²) in [4.78, 5) is 24.5. The summed E-state index contributed by atoms with van der Waals surface area (Å²) >= 11 is 5.84. The number of piperidine rings is 1. The van der Waals surface area contributed by atoms with Gasteiger partial charge in [-0.1, -0.05) is 11.6 Å². The highest BCUT2D eigenvalue weighted by Gasteiger charge is 2.25. The van der Waals surface area contributed by atoms with Crippen molar-refractivity contribution in [3.8, 4) is 0 Å². The Kier molecular flexibility index (Phi) is 4.76. The first-order chi connectivity index (χ1) is 11.1. The average Bonchev–Trinajstić information content (AvgIpc) is 3.10. The predicted octanol–water partition coefficient (Wildman–Crippen LogP) is 1.63. The van der Waals surface area contributed by atoms with Gasteiger partial charge in [0, 0.05) is 26.3 Å². The van der Waals surface area contributed by atoms with Crippen molar-refractivity contribution in [2.24, 2.45) is 0 Å². The maximum absolute atomic E-state index is 12.5. The lowest BCUT2D eigenvalue weighted by Crippen LogP contribution is -2.45. The molecule has 1 aliphatic heterocycles. The van der Waals surface area contributed by atoms with Crippen LogP contribution in [0.15, 0.2) is 31.0 Å². The van der Waals surface area contributed by atoms with Gasteiger partial charge in [-0.25, -0.2) is 14.6 Å². The number of hydrogen-bond acceptors (Lipinski definition) is 5. The van der Waals surface area contributed by atoms with Gasteiger partial charge in [0.1, 0.15) is 18.5 Å². The van der Waals surface area contributed by atoms with E-state index in [-0.39, 0.29) is 11.9 Å². The number of anilines is 1. The molecular weight excluding hydrogens is 316 g/mol. The quantitative estimate of drug-likeness (QED) is 0.850. The van der Waals surface area contributed by atoms with Gasteiger partial charge in [-0.15, -0.1) is 0 Å². The first-order valence-electron chi connectivity index (χ1n) is 7.58. The molecule has 0 bridgehead atoms. The van der Waals surface area contributed by atoms with E-state index in [4.69, 9.17) is 11.6 Å². The summed E-state index contributed by atoms with van der Waals surface area (Å²) in [6.45, 7) is 1.74. The van der Waals surface area contributed by atoms with Crippen molar-refractivity contribution >= 4 is 23.3 Å². The Hall–Kier alpha value is -2.15. The number of pyridine rings is 1. The van der Waals surface area contributed by atoms with Crippen LogP contribution in [0, 0.1) is 0 Å². The fourth-order valence-corrected chi connectivity index (χ4v) is 2.89. The second-order valence-electron chi connectivity index (χ2n) is 5.70. The number of likely N-dealkylation sites (N-methyl/N-ethyl adjacent to an activating group) is 1. The van der Waals surface area contributed by atoms with E-state index in [0.717, 1.165) is 25.2 Å². The van der Waals surface area contributed by atoms with Crippen molar-refractivity contribution in [1.82, 2.24) is 24.6 Å². The van der Waals surface area contributed by atoms with Gasteiger partial charge in [-0.2, -0.15) is 5.10 Å². The molecule has 0 spiro atoms. The first-order valence-corrected chi connectivity index (χ1v) is 7.96. The molecule has 2 aromatic heterocycles. The largest absolute Gasteiger partial charge is 0.350 e. The summed E-state index contributed by atoms with van der Waals surface area (Å²) in [5.74, 6) is 0.821. The number of nitrogens with zero attached hydrogens (tertiary/aromatic N) is 6. The molecule has 0 N–H and O–H groups in total. The van der Waals surface area contributed by atoms with Gasteiger partial charge in [-0.05, 0) is 25.0 Å². The average molecular weight is 335 g/mol. The van der Waals surface area contributed by atoms with Crippen molar-refractivity contribution < 1.29 is 4.79 Å². The Morgan fingerprint density at radius 2 is 2.35 bits per heavy atom. The van der Waals surface area contributed by atoms with Crippen LogP contribution in [-0.2, 0) is 4.79 Å². The molecule has 0 aliphatic carbocycles. The van der Waals surface area contributed by atoms with Crippen LogP contribution in [-0.4, -0.2) is 57.2 Å². The lowest BCUT2D eigenvalue weighted by molar-refractivity contribution is -0.131. The van der Waals surface area contributed by atoms with Crippen LogP contribution in [0.2, 0.25) is 5.02 Å². The number of carbonyl (C=O) groups excluding carboxylic acids is 1. The van der Waals surface area contributed by atoms with Crippen LogP contribution < -0.4 is 4.90 Å². The summed E-state index contributed by atoms with van der Waals surface area (Å²) in [6, 6.07) is 3.78. The zero-order valence-electron chi connectivity index (χ0n) is 13.0. The van der Waals surface area contributed by atoms with Gasteiger partial charge in [0.25, 0.3) is 0 Å². The molecule has 122 valence electrons. The molecule has 1 unspecified atom stereocenters. The SMILES string of the molecule is CN(CC(=O)N1CCCC(n2cncn2)C1)c1ccc(Cl)cn1. The van der Waals surface area contributed by atoms with Gasteiger partial charge < -0.3 is 9.80 Å². The van der Waals surface area contributed by atoms with Gasteiger partial charge in [0.05, 0.1) is 17.6 Å². The Labute approximate surface area is 139 Å². The fraction of sp³-hybridized carbons (Fsp3) is 0.467. The molecule has 0 aromatic carbocycles. The van der Waals surface area contributed by atoms with Crippen LogP contribution in [0.4, 0.5) is 5.82 Å². The van der Waals surface area contributed by atoms with E-state index in [1.54, 1.807) is 18.6 Å². The maximum atomic E-state index is 12.5. The molecule has 8 heteroatoms. The van der Waals surface area contributed by atoms with Crippen molar-refractivity contribution in [1.29, 1.82) is 0 Å². The molecule has 7 nitrogen and oxygen atoms in total. The topological polar surface area (TPSA) is 67.2 Å². The van der Waals surface area contributed by atoms with Crippen LogP contribution in [0.3, 0.4) is 0 Å². The molecule has 1 atom stereocenters. The number of rotatable bonds is 4. The third-order valence-corrected chi connectivity index (χ3v) is 4.26. The summed E-state index contributed by atoms with van der Waals surface area (Å²) in [5.41, 5.74) is 0. The molecule has 1 saturated heterocycles. The molecule has 1 fully saturated rings. The number of aromatic nitrogens is 4. The second-order valence-corrected chi connectivity index (χ2v) is 6.14. The van der Waals surface area contributed by atoms with Crippen LogP contribution in [0.1, 0.15) is 18.9 Å². The lowest BCUT2D eigenvalue weighted by Gasteiger charge is -2.33. The number of hydrogen-bond donors (Lipinski definition) is 0. The Morgan fingerprint density at radius 1 is 1.48 bits per heavy atom. The minimum absolute atomic E-state index is 0.0917. The smallest absolute Gasteiger partial charge is 0.242 e. The number of halogens is 1. The number of amides is 1. The van der Waals surface area contributed by atoms with Crippen molar-refractivity contribution in [2.75, 3.05) is 31.6 Å². The molecule has 3 heterocycles. The fourth-order valence-electron chi connectivity index (χ4n) is 2.78. The Bertz CT molecular complexity index is 644. The van der Waals surface area contributed by atoms with E-state index in [9.17, 15) is 4.79 Å². The Balaban J connectivity index is 1.60. The highest BCUT2D eigenvalue weighted by molar-refractivity contribution is 6.30. The zero-order chi connectivity index (χ0) is 16.2. The standard InChI is InChI=1S/C15H19ClN6O/c1-20(14-5-4-12(16)7-18-14)9-15(23)21-6-2-3-13(8-21)22-11-17-10-19-22/h4-5,7,10-11,13H,2-3,6,8-9H2,1H3. The van der Waals surface area contributed by atoms with E-state index >= 15 is 0 Å². The lowest BCUT2D eigenvalue weighted by atomic mass is 10.1. The molecule has 2 aromatic rings. The molecule has 23 heavy (non-hydrogen) atoms. The van der Waals surface area contributed by atoms with Crippen LogP contribution in [0.25, 0.3) is 0 Å². The van der Waals surface area contributed by atoms with E-state index in [1.807, 2.05) is 27.6 Å². The molecular formula is C15H19ClN6O. The molecule has 0 radical (unpaired) electrons. The van der Waals surface area contributed by atoms with Crippen LogP contribution in [0.5, 0.6) is 0 Å². The summed E-state index contributed by atoms with van der Waals surface area (Å²) in [6.07, 6.45) is 6.81. The minimum Gasteiger partial charge on any atom is -0.350 e. The predicted molar refractivity (Wildman–Crippen MR) is 87.4 cm³/mol. The normalized spacial score (nSPS) is 18.0. The van der Waals surface area contributed by atoms with E-state index in [1.165, 1.54) is 6.33 Å². The number of carbonyl (C=O) groups is 1. The molecule has 1 aliphatic rings. The zero-order valence-corrected chi connectivity index (χ0v) is 13.7. The third-order valence-electron chi connectivity index (χ3n) is 4.04. The monoisotopic (exact) mass is 334 g/mol. The van der Waals surface area contributed by atoms with Gasteiger partial charge in [-0.3, -0.25) is 4.79 Å². The molecule has 1 amide bonds. The second kappa shape index (κ2) is 6.95.